The van der Waals surface area contributed by atoms with Gasteiger partial charge in [0.05, 0.1) is 5.92 Å². The average Bonchev–Trinajstić information content (AvgIpc) is 3.50. The fourth-order valence-electron chi connectivity index (χ4n) is 5.29. The van der Waals surface area contributed by atoms with Gasteiger partial charge in [-0.3, -0.25) is 9.59 Å². The van der Waals surface area contributed by atoms with Crippen LogP contribution in [0.1, 0.15) is 43.1 Å². The zero-order chi connectivity index (χ0) is 24.6. The molecule has 3 aliphatic rings. The van der Waals surface area contributed by atoms with Gasteiger partial charge in [0.2, 0.25) is 23.5 Å². The summed E-state index contributed by atoms with van der Waals surface area (Å²) in [4.78, 5) is 36.4. The summed E-state index contributed by atoms with van der Waals surface area (Å²) >= 11 is 0. The number of piperazine rings is 1. The number of amides is 2. The van der Waals surface area contributed by atoms with Crippen molar-refractivity contribution in [3.05, 3.63) is 60.0 Å². The first-order valence-electron chi connectivity index (χ1n) is 12.9. The third-order valence-corrected chi connectivity index (χ3v) is 7.80. The highest BCUT2D eigenvalue weighted by Crippen LogP contribution is 2.36. The molecule has 0 radical (unpaired) electrons. The summed E-state index contributed by atoms with van der Waals surface area (Å²) in [6.07, 6.45) is 3.79. The van der Waals surface area contributed by atoms with E-state index in [1.165, 1.54) is 6.42 Å². The lowest BCUT2D eigenvalue weighted by atomic mass is 9.85. The summed E-state index contributed by atoms with van der Waals surface area (Å²) in [5.74, 6) is 1.67. The lowest BCUT2D eigenvalue weighted by Gasteiger charge is -2.37. The molecule has 1 atom stereocenters. The molecule has 0 N–H and O–H groups in total. The summed E-state index contributed by atoms with van der Waals surface area (Å²) in [6, 6.07) is 16.1. The van der Waals surface area contributed by atoms with Crippen LogP contribution in [0, 0.1) is 12.8 Å². The second-order valence-corrected chi connectivity index (χ2v) is 10.2. The highest BCUT2D eigenvalue weighted by atomic mass is 16.5. The van der Waals surface area contributed by atoms with Crippen LogP contribution in [0.4, 0.5) is 11.4 Å². The van der Waals surface area contributed by atoms with E-state index >= 15 is 0 Å². The van der Waals surface area contributed by atoms with Crippen molar-refractivity contribution < 1.29 is 14.1 Å². The van der Waals surface area contributed by atoms with Gasteiger partial charge < -0.3 is 19.2 Å². The van der Waals surface area contributed by atoms with Gasteiger partial charge >= 0.3 is 0 Å². The Hall–Kier alpha value is -3.68. The van der Waals surface area contributed by atoms with Crippen molar-refractivity contribution in [2.24, 2.45) is 5.92 Å². The predicted molar refractivity (Wildman–Crippen MR) is 137 cm³/mol. The Balaban J connectivity index is 1.04. The molecule has 8 nitrogen and oxygen atoms in total. The normalized spacial score (nSPS) is 20.6. The molecule has 2 amide bonds. The maximum Gasteiger partial charge on any atom is 0.230 e. The Morgan fingerprint density at radius 1 is 0.944 bits per heavy atom. The third kappa shape index (κ3) is 4.36. The van der Waals surface area contributed by atoms with E-state index in [4.69, 9.17) is 4.52 Å². The maximum absolute atomic E-state index is 13.2. The van der Waals surface area contributed by atoms with Gasteiger partial charge in [-0.05, 0) is 56.2 Å². The van der Waals surface area contributed by atoms with Gasteiger partial charge in [0.1, 0.15) is 0 Å². The standard InChI is InChI=1S/C28H31N5O3/c1-19-5-9-24(10-6-19)33-18-22(17-25(33)34)28(35)32-15-13-31(14-16-32)23-11-7-20(8-12-23)26-29-27(36-30-26)21-3-2-4-21/h5-12,21-22H,2-4,13-18H2,1H3/t22-/m0/s1. The average molecular weight is 486 g/mol. The van der Waals surface area contributed by atoms with Crippen molar-refractivity contribution in [1.82, 2.24) is 15.0 Å². The monoisotopic (exact) mass is 485 g/mol. The number of rotatable bonds is 5. The number of aromatic nitrogens is 2. The molecule has 3 aromatic rings. The van der Waals surface area contributed by atoms with Crippen LogP contribution < -0.4 is 9.80 Å². The van der Waals surface area contributed by atoms with Gasteiger partial charge in [0.25, 0.3) is 0 Å². The van der Waals surface area contributed by atoms with E-state index < -0.39 is 0 Å². The summed E-state index contributed by atoms with van der Waals surface area (Å²) in [6.45, 7) is 5.33. The molecule has 3 heterocycles. The van der Waals surface area contributed by atoms with Crippen LogP contribution in [-0.4, -0.2) is 59.6 Å². The molecule has 1 aliphatic carbocycles. The second kappa shape index (κ2) is 9.41. The van der Waals surface area contributed by atoms with Crippen LogP contribution >= 0.6 is 0 Å². The summed E-state index contributed by atoms with van der Waals surface area (Å²) in [5.41, 5.74) is 4.09. The molecule has 0 spiro atoms. The van der Waals surface area contributed by atoms with E-state index in [9.17, 15) is 9.59 Å². The van der Waals surface area contributed by atoms with Crippen molar-refractivity contribution in [2.45, 2.75) is 38.5 Å². The SMILES string of the molecule is Cc1ccc(N2C[C@@H](C(=O)N3CCN(c4ccc(-c5noc(C6CCC6)n5)cc4)CC3)CC2=O)cc1. The largest absolute Gasteiger partial charge is 0.368 e. The smallest absolute Gasteiger partial charge is 0.230 e. The fourth-order valence-corrected chi connectivity index (χ4v) is 5.29. The minimum absolute atomic E-state index is 0.0253. The van der Waals surface area contributed by atoms with Crippen LogP contribution in [0.15, 0.2) is 53.1 Å². The van der Waals surface area contributed by atoms with Gasteiger partial charge in [-0.2, -0.15) is 4.98 Å². The van der Waals surface area contributed by atoms with Crippen LogP contribution in [0.3, 0.4) is 0 Å². The number of benzene rings is 2. The number of nitrogens with zero attached hydrogens (tertiary/aromatic N) is 5. The molecule has 0 bridgehead atoms. The van der Waals surface area contributed by atoms with Crippen molar-refractivity contribution in [2.75, 3.05) is 42.5 Å². The predicted octanol–water partition coefficient (Wildman–Crippen LogP) is 4.01. The van der Waals surface area contributed by atoms with E-state index in [1.54, 1.807) is 4.90 Å². The summed E-state index contributed by atoms with van der Waals surface area (Å²) < 4.78 is 5.46. The quantitative estimate of drug-likeness (QED) is 0.543. The van der Waals surface area contributed by atoms with Crippen LogP contribution in [0.5, 0.6) is 0 Å². The van der Waals surface area contributed by atoms with E-state index in [0.29, 0.717) is 31.4 Å². The molecule has 8 heteroatoms. The Morgan fingerprint density at radius 3 is 2.31 bits per heavy atom. The molecule has 0 unspecified atom stereocenters. The minimum Gasteiger partial charge on any atom is -0.368 e. The molecular weight excluding hydrogens is 454 g/mol. The van der Waals surface area contributed by atoms with Crippen LogP contribution in [0.2, 0.25) is 0 Å². The van der Waals surface area contributed by atoms with Crippen molar-refractivity contribution in [3.63, 3.8) is 0 Å². The summed E-state index contributed by atoms with van der Waals surface area (Å²) in [5, 5.41) is 4.16. The molecule has 1 saturated carbocycles. The second-order valence-electron chi connectivity index (χ2n) is 10.2. The van der Waals surface area contributed by atoms with Crippen molar-refractivity contribution in [1.29, 1.82) is 0 Å². The number of hydrogen-bond donors (Lipinski definition) is 0. The molecule has 36 heavy (non-hydrogen) atoms. The Labute approximate surface area is 210 Å². The van der Waals surface area contributed by atoms with Crippen molar-refractivity contribution >= 4 is 23.2 Å². The Morgan fingerprint density at radius 2 is 1.64 bits per heavy atom. The first-order valence-corrected chi connectivity index (χ1v) is 12.9. The summed E-state index contributed by atoms with van der Waals surface area (Å²) in [7, 11) is 0. The minimum atomic E-state index is -0.274. The van der Waals surface area contributed by atoms with E-state index in [-0.39, 0.29) is 24.2 Å². The van der Waals surface area contributed by atoms with Crippen LogP contribution in [-0.2, 0) is 9.59 Å². The topological polar surface area (TPSA) is 82.8 Å². The molecule has 186 valence electrons. The highest BCUT2D eigenvalue weighted by molar-refractivity contribution is 6.00. The molecule has 1 aromatic heterocycles. The zero-order valence-corrected chi connectivity index (χ0v) is 20.6. The molecule has 6 rings (SSSR count). The van der Waals surface area contributed by atoms with E-state index in [2.05, 4.69) is 27.2 Å². The maximum atomic E-state index is 13.2. The van der Waals surface area contributed by atoms with Crippen LogP contribution in [0.25, 0.3) is 11.4 Å². The molecule has 3 fully saturated rings. The Bertz CT molecular complexity index is 1240. The number of carbonyl (C=O) groups is 2. The number of aryl methyl sites for hydroxylation is 1. The fraction of sp³-hybridized carbons (Fsp3) is 0.429. The van der Waals surface area contributed by atoms with Gasteiger partial charge in [-0.25, -0.2) is 0 Å². The zero-order valence-electron chi connectivity index (χ0n) is 20.6. The van der Waals surface area contributed by atoms with E-state index in [1.807, 2.05) is 48.2 Å². The highest BCUT2D eigenvalue weighted by Gasteiger charge is 2.38. The molecule has 2 aliphatic heterocycles. The van der Waals surface area contributed by atoms with Gasteiger partial charge in [0.15, 0.2) is 0 Å². The van der Waals surface area contributed by atoms with Crippen molar-refractivity contribution in [3.8, 4) is 11.4 Å². The Kier molecular flexibility index (Phi) is 5.95. The van der Waals surface area contributed by atoms with Gasteiger partial charge in [-0.1, -0.05) is 29.3 Å². The molecular formula is C28H31N5O3. The lowest BCUT2D eigenvalue weighted by Crippen LogP contribution is -2.50. The lowest BCUT2D eigenvalue weighted by molar-refractivity contribution is -0.136. The van der Waals surface area contributed by atoms with Gasteiger partial charge in [-0.15, -0.1) is 0 Å². The van der Waals surface area contributed by atoms with E-state index in [0.717, 1.165) is 54.3 Å². The number of anilines is 2. The third-order valence-electron chi connectivity index (χ3n) is 7.80. The number of carbonyl (C=O) groups excluding carboxylic acids is 2. The first kappa shape index (κ1) is 22.8. The molecule has 2 saturated heterocycles. The first-order chi connectivity index (χ1) is 17.5. The van der Waals surface area contributed by atoms with Gasteiger partial charge in [0, 0.05) is 62.0 Å². The number of hydrogen-bond acceptors (Lipinski definition) is 6. The molecule has 2 aromatic carbocycles.